The van der Waals surface area contributed by atoms with Crippen molar-refractivity contribution in [2.45, 2.75) is 45.4 Å². The largest absolute Gasteiger partial charge is 0.394 e. The molecule has 2 aromatic rings. The second-order valence-electron chi connectivity index (χ2n) is 7.80. The molecule has 0 aliphatic carbocycles. The van der Waals surface area contributed by atoms with Gasteiger partial charge >= 0.3 is 0 Å². The Morgan fingerprint density at radius 1 is 1.15 bits per heavy atom. The first kappa shape index (κ1) is 18.2. The number of aryl methyl sites for hydroxylation is 1. The quantitative estimate of drug-likeness (QED) is 0.845. The molecule has 0 unspecified atom stereocenters. The standard InChI is InChI=1S/C21H28N4O2/c1-16-19(14-24(22-16)9-10-26)13-23-12-18-7-8-20(15-23)25(21(18)27)11-17-5-3-2-4-6-17/h2-6,14,18,20,26H,7-13,15H2,1H3/t18-,20+/m0/s1. The molecule has 4 heterocycles. The molecule has 2 bridgehead atoms. The number of hydrogen-bond donors (Lipinski definition) is 1. The minimum Gasteiger partial charge on any atom is -0.394 e. The molecule has 3 fully saturated rings. The summed E-state index contributed by atoms with van der Waals surface area (Å²) in [5.41, 5.74) is 3.39. The second kappa shape index (κ2) is 7.82. The molecule has 0 saturated carbocycles. The van der Waals surface area contributed by atoms with Crippen LogP contribution in [0.2, 0.25) is 0 Å². The van der Waals surface area contributed by atoms with E-state index in [1.54, 1.807) is 0 Å². The number of nitrogens with zero attached hydrogens (tertiary/aromatic N) is 4. The summed E-state index contributed by atoms with van der Waals surface area (Å²) in [6.07, 6.45) is 4.11. The van der Waals surface area contributed by atoms with Gasteiger partial charge < -0.3 is 10.0 Å². The van der Waals surface area contributed by atoms with Gasteiger partial charge in [0.15, 0.2) is 0 Å². The average Bonchev–Trinajstić information content (AvgIpc) is 2.82. The number of carbonyl (C=O) groups excluding carboxylic acids is 1. The predicted molar refractivity (Wildman–Crippen MR) is 103 cm³/mol. The molecule has 3 aliphatic heterocycles. The highest BCUT2D eigenvalue weighted by molar-refractivity contribution is 5.80. The van der Waals surface area contributed by atoms with Gasteiger partial charge in [0.05, 0.1) is 24.8 Å². The van der Waals surface area contributed by atoms with Crippen molar-refractivity contribution >= 4 is 5.91 Å². The van der Waals surface area contributed by atoms with E-state index in [-0.39, 0.29) is 18.6 Å². The van der Waals surface area contributed by atoms with E-state index < -0.39 is 0 Å². The van der Waals surface area contributed by atoms with Crippen LogP contribution in [-0.2, 0) is 24.4 Å². The average molecular weight is 368 g/mol. The lowest BCUT2D eigenvalue weighted by Gasteiger charge is -2.36. The van der Waals surface area contributed by atoms with E-state index in [1.165, 1.54) is 11.1 Å². The molecular formula is C21H28N4O2. The molecule has 1 aromatic heterocycles. The second-order valence-corrected chi connectivity index (χ2v) is 7.80. The van der Waals surface area contributed by atoms with E-state index in [2.05, 4.69) is 27.0 Å². The maximum Gasteiger partial charge on any atom is 0.227 e. The molecule has 5 rings (SSSR count). The third-order valence-corrected chi connectivity index (χ3v) is 5.84. The molecular weight excluding hydrogens is 340 g/mol. The van der Waals surface area contributed by atoms with Crippen LogP contribution in [0.15, 0.2) is 36.5 Å². The van der Waals surface area contributed by atoms with Gasteiger partial charge in [-0.1, -0.05) is 30.3 Å². The number of piperidine rings is 1. The van der Waals surface area contributed by atoms with Crippen LogP contribution in [0.5, 0.6) is 0 Å². The fraction of sp³-hybridized carbons (Fsp3) is 0.524. The summed E-state index contributed by atoms with van der Waals surface area (Å²) in [5.74, 6) is 0.408. The van der Waals surface area contributed by atoms with Crippen molar-refractivity contribution in [3.63, 3.8) is 0 Å². The zero-order chi connectivity index (χ0) is 18.8. The van der Waals surface area contributed by atoms with Crippen molar-refractivity contribution in [3.05, 3.63) is 53.3 Å². The Morgan fingerprint density at radius 2 is 1.96 bits per heavy atom. The highest BCUT2D eigenvalue weighted by Gasteiger charge is 2.40. The first-order valence-electron chi connectivity index (χ1n) is 9.84. The Kier molecular flexibility index (Phi) is 5.27. The molecule has 27 heavy (non-hydrogen) atoms. The van der Waals surface area contributed by atoms with Gasteiger partial charge in [0.25, 0.3) is 0 Å². The summed E-state index contributed by atoms with van der Waals surface area (Å²) in [7, 11) is 0. The molecule has 6 nitrogen and oxygen atoms in total. The third kappa shape index (κ3) is 3.92. The lowest BCUT2D eigenvalue weighted by molar-refractivity contribution is -0.140. The Morgan fingerprint density at radius 3 is 2.74 bits per heavy atom. The van der Waals surface area contributed by atoms with E-state index in [9.17, 15) is 4.79 Å². The van der Waals surface area contributed by atoms with Gasteiger partial charge in [0.1, 0.15) is 0 Å². The summed E-state index contributed by atoms with van der Waals surface area (Å²) < 4.78 is 1.81. The van der Waals surface area contributed by atoms with Gasteiger partial charge in [0, 0.05) is 44.0 Å². The molecule has 2 atom stereocenters. The topological polar surface area (TPSA) is 61.6 Å². The fourth-order valence-electron chi connectivity index (χ4n) is 4.42. The normalized spacial score (nSPS) is 23.0. The summed E-state index contributed by atoms with van der Waals surface area (Å²) in [6.45, 7) is 5.90. The monoisotopic (exact) mass is 368 g/mol. The Bertz CT molecular complexity index is 789. The smallest absolute Gasteiger partial charge is 0.227 e. The minimum atomic E-state index is 0.0946. The number of aliphatic hydroxyl groups excluding tert-OH is 1. The van der Waals surface area contributed by atoms with Gasteiger partial charge in [-0.15, -0.1) is 0 Å². The van der Waals surface area contributed by atoms with E-state index in [0.29, 0.717) is 19.0 Å². The van der Waals surface area contributed by atoms with Crippen molar-refractivity contribution in [1.82, 2.24) is 19.6 Å². The van der Waals surface area contributed by atoms with Crippen LogP contribution in [0.4, 0.5) is 0 Å². The van der Waals surface area contributed by atoms with Crippen LogP contribution >= 0.6 is 0 Å². The van der Waals surface area contributed by atoms with Crippen LogP contribution in [-0.4, -0.2) is 56.3 Å². The maximum absolute atomic E-state index is 13.0. The number of carbonyl (C=O) groups is 1. The SMILES string of the molecule is Cc1nn(CCO)cc1CN1C[C@@H]2CC[C@H](C1)N(Cc1ccccc1)C2=O. The minimum absolute atomic E-state index is 0.0946. The van der Waals surface area contributed by atoms with Crippen LogP contribution in [0, 0.1) is 12.8 Å². The fourth-order valence-corrected chi connectivity index (χ4v) is 4.42. The highest BCUT2D eigenvalue weighted by atomic mass is 16.3. The first-order valence-corrected chi connectivity index (χ1v) is 9.84. The zero-order valence-electron chi connectivity index (χ0n) is 15.9. The summed E-state index contributed by atoms with van der Waals surface area (Å²) in [5, 5.41) is 13.6. The maximum atomic E-state index is 13.0. The number of hydrogen-bond acceptors (Lipinski definition) is 4. The predicted octanol–water partition coefficient (Wildman–Crippen LogP) is 1.81. The van der Waals surface area contributed by atoms with Crippen molar-refractivity contribution in [3.8, 4) is 0 Å². The number of amides is 1. The van der Waals surface area contributed by atoms with E-state index in [4.69, 9.17) is 5.11 Å². The van der Waals surface area contributed by atoms with Crippen molar-refractivity contribution < 1.29 is 9.90 Å². The number of benzene rings is 1. The van der Waals surface area contributed by atoms with Crippen LogP contribution in [0.25, 0.3) is 0 Å². The third-order valence-electron chi connectivity index (χ3n) is 5.84. The molecule has 3 aliphatic rings. The van der Waals surface area contributed by atoms with Crippen molar-refractivity contribution in [1.29, 1.82) is 0 Å². The van der Waals surface area contributed by atoms with Crippen LogP contribution in [0.1, 0.15) is 29.7 Å². The van der Waals surface area contributed by atoms with Gasteiger partial charge in [-0.05, 0) is 25.3 Å². The van der Waals surface area contributed by atoms with Gasteiger partial charge in [0.2, 0.25) is 5.91 Å². The zero-order valence-corrected chi connectivity index (χ0v) is 15.9. The molecule has 1 N–H and O–H groups in total. The highest BCUT2D eigenvalue weighted by Crippen LogP contribution is 2.31. The van der Waals surface area contributed by atoms with Crippen molar-refractivity contribution in [2.24, 2.45) is 5.92 Å². The molecule has 1 aromatic carbocycles. The van der Waals surface area contributed by atoms with Gasteiger partial charge in [-0.25, -0.2) is 0 Å². The molecule has 3 saturated heterocycles. The van der Waals surface area contributed by atoms with E-state index >= 15 is 0 Å². The molecule has 144 valence electrons. The Labute approximate surface area is 160 Å². The Hall–Kier alpha value is -2.18. The summed E-state index contributed by atoms with van der Waals surface area (Å²) in [6, 6.07) is 10.6. The van der Waals surface area contributed by atoms with Crippen LogP contribution < -0.4 is 0 Å². The van der Waals surface area contributed by atoms with Gasteiger partial charge in [-0.2, -0.15) is 5.10 Å². The van der Waals surface area contributed by atoms with Crippen LogP contribution in [0.3, 0.4) is 0 Å². The van der Waals surface area contributed by atoms with E-state index in [1.807, 2.05) is 36.0 Å². The first-order chi connectivity index (χ1) is 13.1. The lowest BCUT2D eigenvalue weighted by atomic mass is 9.93. The Balaban J connectivity index is 1.48. The molecule has 1 amide bonds. The lowest BCUT2D eigenvalue weighted by Crippen LogP contribution is -2.47. The molecule has 0 spiro atoms. The molecule has 0 radical (unpaired) electrons. The van der Waals surface area contributed by atoms with Crippen molar-refractivity contribution in [2.75, 3.05) is 19.7 Å². The number of rotatable bonds is 6. The number of aromatic nitrogens is 2. The number of aliphatic hydroxyl groups is 1. The number of fused-ring (bicyclic) bond motifs is 4. The van der Waals surface area contributed by atoms with E-state index in [0.717, 1.165) is 38.2 Å². The summed E-state index contributed by atoms with van der Waals surface area (Å²) in [4.78, 5) is 17.5. The molecule has 6 heteroatoms. The summed E-state index contributed by atoms with van der Waals surface area (Å²) >= 11 is 0. The van der Waals surface area contributed by atoms with Gasteiger partial charge in [-0.3, -0.25) is 14.4 Å².